The van der Waals surface area contributed by atoms with E-state index in [2.05, 4.69) is 12.2 Å². The number of Topliss-reactive ketones (excluding diaryl/α,β-unsaturated/α-hetero) is 1. The van der Waals surface area contributed by atoms with Gasteiger partial charge in [-0.1, -0.05) is 38.8 Å². The van der Waals surface area contributed by atoms with Crippen LogP contribution in [0.2, 0.25) is 0 Å². The number of benzene rings is 1. The standard InChI is InChI=1S/C17H23NO2/c1-3-13-7-9-14(10-8-13)16(20)18-17(15(19)4-2)11-5-6-12-17/h7-10H,3-6,11-12H2,1-2H3,(H,18,20). The zero-order chi connectivity index (χ0) is 14.6. The summed E-state index contributed by atoms with van der Waals surface area (Å²) in [4.78, 5) is 24.6. The van der Waals surface area contributed by atoms with Gasteiger partial charge in [-0.2, -0.15) is 0 Å². The van der Waals surface area contributed by atoms with E-state index in [1.165, 1.54) is 5.56 Å². The van der Waals surface area contributed by atoms with E-state index in [0.717, 1.165) is 32.1 Å². The molecule has 0 spiro atoms. The van der Waals surface area contributed by atoms with E-state index < -0.39 is 5.54 Å². The van der Waals surface area contributed by atoms with Crippen LogP contribution in [0.25, 0.3) is 0 Å². The molecule has 0 aromatic heterocycles. The molecule has 0 unspecified atom stereocenters. The third-order valence-corrected chi connectivity index (χ3v) is 4.29. The van der Waals surface area contributed by atoms with Crippen LogP contribution in [0.15, 0.2) is 24.3 Å². The van der Waals surface area contributed by atoms with Gasteiger partial charge in [0.05, 0.1) is 5.54 Å². The van der Waals surface area contributed by atoms with Crippen molar-refractivity contribution >= 4 is 11.7 Å². The van der Waals surface area contributed by atoms with Gasteiger partial charge in [0.2, 0.25) is 0 Å². The molecule has 1 aliphatic rings. The second kappa shape index (κ2) is 6.21. The lowest BCUT2D eigenvalue weighted by Crippen LogP contribution is -2.52. The Morgan fingerprint density at radius 3 is 2.20 bits per heavy atom. The molecule has 0 bridgehead atoms. The number of amides is 1. The highest BCUT2D eigenvalue weighted by Gasteiger charge is 2.41. The molecule has 0 heterocycles. The van der Waals surface area contributed by atoms with E-state index in [1.54, 1.807) is 0 Å². The van der Waals surface area contributed by atoms with E-state index in [4.69, 9.17) is 0 Å². The van der Waals surface area contributed by atoms with Crippen molar-refractivity contribution in [1.29, 1.82) is 0 Å². The van der Waals surface area contributed by atoms with E-state index >= 15 is 0 Å². The lowest BCUT2D eigenvalue weighted by molar-refractivity contribution is -0.124. The number of hydrogen-bond donors (Lipinski definition) is 1. The fourth-order valence-corrected chi connectivity index (χ4v) is 2.97. The third-order valence-electron chi connectivity index (χ3n) is 4.29. The van der Waals surface area contributed by atoms with Crippen molar-refractivity contribution in [3.8, 4) is 0 Å². The Labute approximate surface area is 120 Å². The first-order chi connectivity index (χ1) is 9.61. The van der Waals surface area contributed by atoms with Crippen LogP contribution in [0.3, 0.4) is 0 Å². The van der Waals surface area contributed by atoms with Crippen LogP contribution in [-0.4, -0.2) is 17.2 Å². The monoisotopic (exact) mass is 273 g/mol. The minimum Gasteiger partial charge on any atom is -0.340 e. The highest BCUT2D eigenvalue weighted by Crippen LogP contribution is 2.31. The van der Waals surface area contributed by atoms with E-state index in [1.807, 2.05) is 31.2 Å². The molecular weight excluding hydrogens is 250 g/mol. The summed E-state index contributed by atoms with van der Waals surface area (Å²) in [7, 11) is 0. The minimum absolute atomic E-state index is 0.128. The Balaban J connectivity index is 2.14. The normalized spacial score (nSPS) is 16.9. The average molecular weight is 273 g/mol. The first-order valence-corrected chi connectivity index (χ1v) is 7.56. The maximum Gasteiger partial charge on any atom is 0.252 e. The smallest absolute Gasteiger partial charge is 0.252 e. The quantitative estimate of drug-likeness (QED) is 0.895. The Kier molecular flexibility index (Phi) is 4.58. The largest absolute Gasteiger partial charge is 0.340 e. The zero-order valence-corrected chi connectivity index (χ0v) is 12.4. The van der Waals surface area contributed by atoms with E-state index in [0.29, 0.717) is 12.0 Å². The van der Waals surface area contributed by atoms with Crippen LogP contribution in [-0.2, 0) is 11.2 Å². The molecule has 1 aliphatic carbocycles. The van der Waals surface area contributed by atoms with Gasteiger partial charge in [-0.25, -0.2) is 0 Å². The summed E-state index contributed by atoms with van der Waals surface area (Å²) in [6, 6.07) is 7.62. The van der Waals surface area contributed by atoms with Gasteiger partial charge in [0.1, 0.15) is 0 Å². The number of carbonyl (C=O) groups excluding carboxylic acids is 2. The maximum atomic E-state index is 12.4. The predicted octanol–water partition coefficient (Wildman–Crippen LogP) is 3.27. The van der Waals surface area contributed by atoms with Gasteiger partial charge >= 0.3 is 0 Å². The van der Waals surface area contributed by atoms with E-state index in [-0.39, 0.29) is 11.7 Å². The minimum atomic E-state index is -0.616. The second-order valence-electron chi connectivity index (χ2n) is 5.57. The molecule has 2 rings (SSSR count). The van der Waals surface area contributed by atoms with Crippen molar-refractivity contribution < 1.29 is 9.59 Å². The van der Waals surface area contributed by atoms with Gasteiger partial charge in [-0.05, 0) is 37.0 Å². The predicted molar refractivity (Wildman–Crippen MR) is 79.8 cm³/mol. The lowest BCUT2D eigenvalue weighted by atomic mass is 9.90. The molecule has 20 heavy (non-hydrogen) atoms. The van der Waals surface area contributed by atoms with Gasteiger partial charge < -0.3 is 5.32 Å². The molecule has 0 aliphatic heterocycles. The molecule has 1 saturated carbocycles. The highest BCUT2D eigenvalue weighted by atomic mass is 16.2. The molecule has 0 saturated heterocycles. The van der Waals surface area contributed by atoms with Gasteiger partial charge in [-0.3, -0.25) is 9.59 Å². The Morgan fingerprint density at radius 2 is 1.70 bits per heavy atom. The molecule has 0 radical (unpaired) electrons. The molecule has 3 heteroatoms. The van der Waals surface area contributed by atoms with Crippen molar-refractivity contribution in [3.63, 3.8) is 0 Å². The molecular formula is C17H23NO2. The molecule has 1 amide bonds. The fourth-order valence-electron chi connectivity index (χ4n) is 2.97. The van der Waals surface area contributed by atoms with Crippen LogP contribution in [0.5, 0.6) is 0 Å². The number of nitrogens with one attached hydrogen (secondary N) is 1. The summed E-state index contributed by atoms with van der Waals surface area (Å²) in [5.41, 5.74) is 1.23. The van der Waals surface area contributed by atoms with Gasteiger partial charge in [0.15, 0.2) is 5.78 Å². The van der Waals surface area contributed by atoms with Gasteiger partial charge in [0.25, 0.3) is 5.91 Å². The first-order valence-electron chi connectivity index (χ1n) is 7.56. The molecule has 1 aromatic carbocycles. The fraction of sp³-hybridized carbons (Fsp3) is 0.529. The number of ketones is 1. The third kappa shape index (κ3) is 2.92. The average Bonchev–Trinajstić information content (AvgIpc) is 2.96. The topological polar surface area (TPSA) is 46.2 Å². The zero-order valence-electron chi connectivity index (χ0n) is 12.4. The molecule has 1 N–H and O–H groups in total. The van der Waals surface area contributed by atoms with Crippen LogP contribution < -0.4 is 5.32 Å². The second-order valence-corrected chi connectivity index (χ2v) is 5.57. The Bertz CT molecular complexity index is 484. The molecule has 3 nitrogen and oxygen atoms in total. The van der Waals surface area contributed by atoms with Crippen LogP contribution in [0.1, 0.15) is 61.9 Å². The number of aryl methyl sites for hydroxylation is 1. The van der Waals surface area contributed by atoms with Crippen LogP contribution in [0, 0.1) is 0 Å². The maximum absolute atomic E-state index is 12.4. The summed E-state index contributed by atoms with van der Waals surface area (Å²) in [6.07, 6.45) is 5.02. The number of hydrogen-bond acceptors (Lipinski definition) is 2. The van der Waals surface area contributed by atoms with Gasteiger partial charge in [0, 0.05) is 12.0 Å². The summed E-state index contributed by atoms with van der Waals surface area (Å²) >= 11 is 0. The molecule has 108 valence electrons. The van der Waals surface area contributed by atoms with Crippen LogP contribution >= 0.6 is 0 Å². The van der Waals surface area contributed by atoms with E-state index in [9.17, 15) is 9.59 Å². The number of carbonyl (C=O) groups is 2. The van der Waals surface area contributed by atoms with Crippen molar-refractivity contribution in [2.75, 3.05) is 0 Å². The molecule has 1 aromatic rings. The molecule has 1 fully saturated rings. The van der Waals surface area contributed by atoms with Gasteiger partial charge in [-0.15, -0.1) is 0 Å². The Morgan fingerprint density at radius 1 is 1.10 bits per heavy atom. The highest BCUT2D eigenvalue weighted by molar-refractivity contribution is 5.99. The summed E-state index contributed by atoms with van der Waals surface area (Å²) in [5.74, 6) is 0.0323. The SMILES string of the molecule is CCC(=O)C1(NC(=O)c2ccc(CC)cc2)CCCC1. The summed E-state index contributed by atoms with van der Waals surface area (Å²) in [5, 5.41) is 3.01. The summed E-state index contributed by atoms with van der Waals surface area (Å²) in [6.45, 7) is 3.95. The summed E-state index contributed by atoms with van der Waals surface area (Å²) < 4.78 is 0. The number of rotatable bonds is 5. The van der Waals surface area contributed by atoms with Crippen molar-refractivity contribution in [1.82, 2.24) is 5.32 Å². The van der Waals surface area contributed by atoms with Crippen LogP contribution in [0.4, 0.5) is 0 Å². The van der Waals surface area contributed by atoms with Crippen molar-refractivity contribution in [2.45, 2.75) is 57.9 Å². The first kappa shape index (κ1) is 14.8. The van der Waals surface area contributed by atoms with Crippen molar-refractivity contribution in [3.05, 3.63) is 35.4 Å². The Hall–Kier alpha value is -1.64. The molecule has 0 atom stereocenters. The lowest BCUT2D eigenvalue weighted by Gasteiger charge is -2.28. The van der Waals surface area contributed by atoms with Crippen molar-refractivity contribution in [2.24, 2.45) is 0 Å².